The molecule has 0 bridgehead atoms. The molecule has 2 aliphatic rings. The molecule has 0 amide bonds. The number of nitrogens with one attached hydrogen (secondary N) is 2. The van der Waals surface area contributed by atoms with Crippen molar-refractivity contribution >= 4 is 38.4 Å². The van der Waals surface area contributed by atoms with Gasteiger partial charge in [0.05, 0.1) is 22.6 Å². The van der Waals surface area contributed by atoms with Gasteiger partial charge >= 0.3 is 6.18 Å². The Kier molecular flexibility index (Phi) is 7.84. The number of halogens is 7. The topological polar surface area (TPSA) is 79.5 Å². The van der Waals surface area contributed by atoms with Gasteiger partial charge in [-0.1, -0.05) is 17.7 Å². The lowest BCUT2D eigenvalue weighted by Crippen LogP contribution is -2.43. The number of ether oxygens (including phenoxy) is 2. The molecule has 0 radical (unpaired) electrons. The predicted octanol–water partition coefficient (Wildman–Crippen LogP) is 4.52. The maximum absolute atomic E-state index is 15.1. The van der Waals surface area contributed by atoms with Crippen molar-refractivity contribution in [1.29, 1.82) is 0 Å². The highest BCUT2D eigenvalue weighted by Gasteiger charge is 2.49. The summed E-state index contributed by atoms with van der Waals surface area (Å²) in [5.41, 5.74) is -1.75. The maximum Gasteiger partial charge on any atom is 0.401 e. The summed E-state index contributed by atoms with van der Waals surface area (Å²) >= 11 is 9.20. The minimum atomic E-state index is -4.46. The number of H-pyrrole nitrogens is 1. The third kappa shape index (κ3) is 5.48. The van der Waals surface area contributed by atoms with Gasteiger partial charge in [0, 0.05) is 13.0 Å². The largest absolute Gasteiger partial charge is 0.489 e. The zero-order valence-electron chi connectivity index (χ0n) is 18.9. The number of hydrogen-bond donors (Lipinski definition) is 2. The van der Waals surface area contributed by atoms with Crippen LogP contribution in [0.1, 0.15) is 19.3 Å². The normalized spacial score (nSPS) is 23.1. The number of fused-ring (bicyclic) bond motifs is 2. The fraction of sp³-hybridized carbons (Fsp3) is 0.545. The first-order chi connectivity index (χ1) is 16.9. The summed E-state index contributed by atoms with van der Waals surface area (Å²) < 4.78 is 77.7. The molecule has 4 rings (SSSR count). The molecule has 2 aromatic rings. The molecular formula is C22H23BrClF5N4O3. The van der Waals surface area contributed by atoms with Crippen molar-refractivity contribution in [2.45, 2.75) is 43.2 Å². The van der Waals surface area contributed by atoms with Crippen molar-refractivity contribution in [2.24, 2.45) is 0 Å². The highest BCUT2D eigenvalue weighted by Crippen LogP contribution is 2.42. The van der Waals surface area contributed by atoms with Gasteiger partial charge in [-0.15, -0.1) is 6.58 Å². The van der Waals surface area contributed by atoms with Gasteiger partial charge in [0.15, 0.2) is 11.6 Å². The van der Waals surface area contributed by atoms with Crippen molar-refractivity contribution in [3.8, 4) is 11.8 Å². The molecule has 1 aromatic carbocycles. The monoisotopic (exact) mass is 600 g/mol. The van der Waals surface area contributed by atoms with Crippen LogP contribution in [-0.4, -0.2) is 71.6 Å². The number of benzene rings is 1. The van der Waals surface area contributed by atoms with Crippen LogP contribution in [0.15, 0.2) is 21.9 Å². The van der Waals surface area contributed by atoms with Crippen molar-refractivity contribution in [2.75, 3.05) is 32.8 Å². The molecule has 2 aliphatic heterocycles. The van der Waals surface area contributed by atoms with Crippen LogP contribution >= 0.6 is 27.5 Å². The lowest BCUT2D eigenvalue weighted by Gasteiger charge is -2.30. The van der Waals surface area contributed by atoms with E-state index in [9.17, 15) is 22.4 Å². The molecule has 0 aliphatic carbocycles. The second-order valence-corrected chi connectivity index (χ2v) is 10.0. The van der Waals surface area contributed by atoms with E-state index in [1.807, 2.05) is 4.90 Å². The number of aromatic nitrogens is 2. The van der Waals surface area contributed by atoms with Crippen LogP contribution in [0.2, 0.25) is 5.02 Å². The van der Waals surface area contributed by atoms with Crippen LogP contribution in [0.3, 0.4) is 0 Å². The van der Waals surface area contributed by atoms with E-state index in [4.69, 9.17) is 21.1 Å². The first-order valence-corrected chi connectivity index (χ1v) is 12.3. The molecule has 2 saturated heterocycles. The Labute approximate surface area is 216 Å². The molecule has 3 atom stereocenters. The molecule has 2 N–H and O–H groups in total. The first-order valence-electron chi connectivity index (χ1n) is 11.1. The standard InChI is InChI=1S/C22H23BrClF5N4O3/c1-2-12(30-9-22(27,28)29)8-35-18-13-17(16(26)14(23)15(18)24)31-20(32-19(13)34)36-10-21-4-3-5-33(21)7-11(25)6-21/h2,11-12,30H,1,3-10H2,(H,31,32,34)/t11-,12+,21+/m1/s1. The van der Waals surface area contributed by atoms with Crippen LogP contribution in [0.5, 0.6) is 11.8 Å². The average molecular weight is 602 g/mol. The van der Waals surface area contributed by atoms with Crippen LogP contribution in [0, 0.1) is 5.82 Å². The lowest BCUT2D eigenvalue weighted by molar-refractivity contribution is -0.125. The molecule has 36 heavy (non-hydrogen) atoms. The number of aromatic amines is 1. The predicted molar refractivity (Wildman–Crippen MR) is 127 cm³/mol. The number of hydrogen-bond acceptors (Lipinski definition) is 6. The fourth-order valence-corrected chi connectivity index (χ4v) is 5.32. The van der Waals surface area contributed by atoms with Crippen molar-refractivity contribution in [3.05, 3.63) is 38.3 Å². The second-order valence-electron chi connectivity index (χ2n) is 8.88. The highest BCUT2D eigenvalue weighted by molar-refractivity contribution is 9.10. The van der Waals surface area contributed by atoms with E-state index in [1.54, 1.807) is 0 Å². The highest BCUT2D eigenvalue weighted by atomic mass is 79.9. The summed E-state index contributed by atoms with van der Waals surface area (Å²) in [7, 11) is 0. The van der Waals surface area contributed by atoms with Gasteiger partial charge < -0.3 is 9.47 Å². The third-order valence-corrected chi connectivity index (χ3v) is 7.75. The van der Waals surface area contributed by atoms with Crippen LogP contribution in [-0.2, 0) is 0 Å². The molecule has 2 fully saturated rings. The quantitative estimate of drug-likeness (QED) is 0.250. The fourth-order valence-electron chi connectivity index (χ4n) is 4.72. The van der Waals surface area contributed by atoms with Crippen LogP contribution < -0.4 is 20.3 Å². The maximum atomic E-state index is 15.1. The summed E-state index contributed by atoms with van der Waals surface area (Å²) in [6.45, 7) is 2.91. The smallest absolute Gasteiger partial charge is 0.401 e. The van der Waals surface area contributed by atoms with Gasteiger partial charge in [0.25, 0.3) is 11.6 Å². The van der Waals surface area contributed by atoms with E-state index >= 15 is 4.39 Å². The van der Waals surface area contributed by atoms with Crippen LogP contribution in [0.25, 0.3) is 10.9 Å². The number of rotatable bonds is 9. The molecule has 1 aromatic heterocycles. The molecule has 14 heteroatoms. The van der Waals surface area contributed by atoms with E-state index in [0.29, 0.717) is 13.0 Å². The second kappa shape index (κ2) is 10.4. The van der Waals surface area contributed by atoms with E-state index in [0.717, 1.165) is 19.4 Å². The Balaban J connectivity index is 1.60. The molecule has 3 heterocycles. The molecule has 0 unspecified atom stereocenters. The summed E-state index contributed by atoms with van der Waals surface area (Å²) in [4.78, 5) is 21.5. The summed E-state index contributed by atoms with van der Waals surface area (Å²) in [6, 6.07) is -1.21. The van der Waals surface area contributed by atoms with Crippen molar-refractivity contribution in [3.63, 3.8) is 0 Å². The van der Waals surface area contributed by atoms with E-state index < -0.39 is 47.4 Å². The Morgan fingerprint density at radius 3 is 2.86 bits per heavy atom. The zero-order chi connectivity index (χ0) is 26.3. The van der Waals surface area contributed by atoms with Gasteiger partial charge in [-0.3, -0.25) is 20.0 Å². The zero-order valence-corrected chi connectivity index (χ0v) is 21.2. The number of nitrogens with zero attached hydrogens (tertiary/aromatic N) is 2. The first kappa shape index (κ1) is 27.1. The van der Waals surface area contributed by atoms with Crippen LogP contribution in [0.4, 0.5) is 22.0 Å². The van der Waals surface area contributed by atoms with E-state index in [-0.39, 0.29) is 39.9 Å². The molecular weight excluding hydrogens is 579 g/mol. The third-order valence-electron chi connectivity index (χ3n) is 6.41. The summed E-state index contributed by atoms with van der Waals surface area (Å²) in [5, 5.41) is 1.58. The average Bonchev–Trinajstić information content (AvgIpc) is 3.33. The Bertz CT molecular complexity index is 1210. The Hall–Kier alpha value is -1.96. The Morgan fingerprint density at radius 1 is 1.42 bits per heavy atom. The van der Waals surface area contributed by atoms with Gasteiger partial charge in [0.1, 0.15) is 35.3 Å². The lowest BCUT2D eigenvalue weighted by atomic mass is 9.95. The molecule has 0 spiro atoms. The molecule has 7 nitrogen and oxygen atoms in total. The van der Waals surface area contributed by atoms with Gasteiger partial charge in [-0.25, -0.2) is 8.78 Å². The Morgan fingerprint density at radius 2 is 2.17 bits per heavy atom. The van der Waals surface area contributed by atoms with Crippen molar-refractivity contribution in [1.82, 2.24) is 20.2 Å². The molecule has 0 saturated carbocycles. The van der Waals surface area contributed by atoms with E-state index in [2.05, 4.69) is 37.8 Å². The summed E-state index contributed by atoms with van der Waals surface area (Å²) in [5.74, 6) is -1.21. The SMILES string of the molecule is C=C[C@@H](COc1c(Cl)c(Br)c(F)c2nc(OC[C@@]34CCCN3C[C@H](F)C4)[nH]c(=O)c12)NCC(F)(F)F. The van der Waals surface area contributed by atoms with E-state index in [1.165, 1.54) is 6.08 Å². The minimum absolute atomic E-state index is 0.0630. The summed E-state index contributed by atoms with van der Waals surface area (Å²) in [6.07, 6.45) is -2.32. The van der Waals surface area contributed by atoms with Crippen molar-refractivity contribution < 1.29 is 31.4 Å². The minimum Gasteiger partial charge on any atom is -0.489 e. The van der Waals surface area contributed by atoms with Gasteiger partial charge in [-0.05, 0) is 35.3 Å². The number of alkyl halides is 4. The van der Waals surface area contributed by atoms with Gasteiger partial charge in [0.2, 0.25) is 0 Å². The molecule has 198 valence electrons. The van der Waals surface area contributed by atoms with Gasteiger partial charge in [-0.2, -0.15) is 18.2 Å².